The average molecular weight is 282 g/mol. The van der Waals surface area contributed by atoms with Gasteiger partial charge in [0.25, 0.3) is 0 Å². The maximum Gasteiger partial charge on any atom is 0.175 e. The highest BCUT2D eigenvalue weighted by Gasteiger charge is 2.15. The van der Waals surface area contributed by atoms with Crippen LogP contribution >= 0.6 is 23.3 Å². The molecular formula is C12H11FN2OS2. The fourth-order valence-corrected chi connectivity index (χ4v) is 3.22. The Kier molecular flexibility index (Phi) is 4.08. The Labute approximate surface area is 113 Å². The van der Waals surface area contributed by atoms with Crippen molar-refractivity contribution in [1.29, 1.82) is 0 Å². The molecule has 0 unspecified atom stereocenters. The molecule has 94 valence electrons. The second kappa shape index (κ2) is 5.58. The van der Waals surface area contributed by atoms with E-state index in [4.69, 9.17) is 0 Å². The SMILES string of the molecule is CCc1nsc(Sc2c(F)cccc2C(C)=O)n1. The Hall–Kier alpha value is -1.27. The molecule has 0 bridgehead atoms. The molecule has 0 fully saturated rings. The van der Waals surface area contributed by atoms with E-state index in [-0.39, 0.29) is 5.78 Å². The monoisotopic (exact) mass is 282 g/mol. The van der Waals surface area contributed by atoms with Crippen LogP contribution in [0.4, 0.5) is 4.39 Å². The Balaban J connectivity index is 2.36. The first-order valence-corrected chi connectivity index (χ1v) is 7.00. The van der Waals surface area contributed by atoms with Crippen LogP contribution in [0.15, 0.2) is 27.4 Å². The van der Waals surface area contributed by atoms with Crippen LogP contribution in [-0.2, 0) is 6.42 Å². The largest absolute Gasteiger partial charge is 0.294 e. The second-order valence-corrected chi connectivity index (χ2v) is 5.61. The summed E-state index contributed by atoms with van der Waals surface area (Å²) in [6.07, 6.45) is 0.744. The summed E-state index contributed by atoms with van der Waals surface area (Å²) in [5, 5.41) is 0. The van der Waals surface area contributed by atoms with Crippen LogP contribution in [0.2, 0.25) is 0 Å². The van der Waals surface area contributed by atoms with Crippen molar-refractivity contribution in [1.82, 2.24) is 9.36 Å². The zero-order valence-corrected chi connectivity index (χ0v) is 11.6. The van der Waals surface area contributed by atoms with Crippen LogP contribution in [0.25, 0.3) is 0 Å². The van der Waals surface area contributed by atoms with E-state index in [1.165, 1.54) is 30.6 Å². The highest BCUT2D eigenvalue weighted by atomic mass is 32.2. The van der Waals surface area contributed by atoms with Crippen LogP contribution in [-0.4, -0.2) is 15.1 Å². The van der Waals surface area contributed by atoms with Crippen LogP contribution in [0, 0.1) is 5.82 Å². The molecule has 1 heterocycles. The molecule has 0 saturated heterocycles. The van der Waals surface area contributed by atoms with Gasteiger partial charge >= 0.3 is 0 Å². The number of carbonyl (C=O) groups excluding carboxylic acids is 1. The number of carbonyl (C=O) groups is 1. The first-order chi connectivity index (χ1) is 8.61. The molecule has 0 saturated carbocycles. The molecule has 1 aromatic heterocycles. The van der Waals surface area contributed by atoms with Gasteiger partial charge in [-0.1, -0.05) is 30.8 Å². The van der Waals surface area contributed by atoms with E-state index in [9.17, 15) is 9.18 Å². The van der Waals surface area contributed by atoms with Gasteiger partial charge in [0.05, 0.1) is 4.90 Å². The predicted molar refractivity (Wildman–Crippen MR) is 69.8 cm³/mol. The average Bonchev–Trinajstić information content (AvgIpc) is 2.79. The van der Waals surface area contributed by atoms with Gasteiger partial charge in [-0.25, -0.2) is 9.37 Å². The van der Waals surface area contributed by atoms with E-state index in [0.29, 0.717) is 14.8 Å². The highest BCUT2D eigenvalue weighted by Crippen LogP contribution is 2.33. The minimum Gasteiger partial charge on any atom is -0.294 e. The van der Waals surface area contributed by atoms with Crippen LogP contribution < -0.4 is 0 Å². The van der Waals surface area contributed by atoms with Crippen molar-refractivity contribution in [3.8, 4) is 0 Å². The number of aryl methyl sites for hydroxylation is 1. The zero-order chi connectivity index (χ0) is 13.1. The lowest BCUT2D eigenvalue weighted by Gasteiger charge is -2.05. The van der Waals surface area contributed by atoms with Gasteiger partial charge in [-0.15, -0.1) is 0 Å². The van der Waals surface area contributed by atoms with Crippen LogP contribution in [0.5, 0.6) is 0 Å². The van der Waals surface area contributed by atoms with Crippen molar-refractivity contribution >= 4 is 29.1 Å². The van der Waals surface area contributed by atoms with Crippen LogP contribution in [0.3, 0.4) is 0 Å². The number of hydrogen-bond donors (Lipinski definition) is 0. The van der Waals surface area contributed by atoms with E-state index in [1.807, 2.05) is 6.92 Å². The van der Waals surface area contributed by atoms with Gasteiger partial charge in [0, 0.05) is 12.0 Å². The number of ketones is 1. The summed E-state index contributed by atoms with van der Waals surface area (Å²) < 4.78 is 18.6. The van der Waals surface area contributed by atoms with E-state index >= 15 is 0 Å². The Bertz CT molecular complexity index is 583. The topological polar surface area (TPSA) is 42.9 Å². The zero-order valence-electron chi connectivity index (χ0n) is 9.94. The number of aromatic nitrogens is 2. The van der Waals surface area contributed by atoms with Crippen molar-refractivity contribution in [2.45, 2.75) is 29.5 Å². The Morgan fingerprint density at radius 1 is 1.50 bits per heavy atom. The minimum absolute atomic E-state index is 0.155. The third kappa shape index (κ3) is 2.76. The number of halogens is 1. The van der Waals surface area contributed by atoms with E-state index in [1.54, 1.807) is 6.07 Å². The quantitative estimate of drug-likeness (QED) is 0.804. The standard InChI is InChI=1S/C12H11FN2OS2/c1-3-10-14-12(18-15-10)17-11-8(7(2)16)5-4-6-9(11)13/h4-6H,3H2,1-2H3. The summed E-state index contributed by atoms with van der Waals surface area (Å²) in [5.74, 6) is 0.182. The van der Waals surface area contributed by atoms with Crippen molar-refractivity contribution < 1.29 is 9.18 Å². The molecule has 1 aromatic carbocycles. The molecule has 0 atom stereocenters. The summed E-state index contributed by atoms with van der Waals surface area (Å²) in [7, 11) is 0. The molecular weight excluding hydrogens is 271 g/mol. The number of Topliss-reactive ketones (excluding diaryl/α,β-unsaturated/α-hetero) is 1. The summed E-state index contributed by atoms with van der Waals surface area (Å²) >= 11 is 2.38. The maximum absolute atomic E-state index is 13.8. The summed E-state index contributed by atoms with van der Waals surface area (Å²) in [6.45, 7) is 3.39. The van der Waals surface area contributed by atoms with Gasteiger partial charge in [-0.2, -0.15) is 4.37 Å². The molecule has 0 amide bonds. The van der Waals surface area contributed by atoms with Gasteiger partial charge in [-0.05, 0) is 24.5 Å². The minimum atomic E-state index is -0.402. The molecule has 0 aliphatic heterocycles. The maximum atomic E-state index is 13.8. The molecule has 0 spiro atoms. The first-order valence-electron chi connectivity index (χ1n) is 5.41. The van der Waals surface area contributed by atoms with Gasteiger partial charge in [-0.3, -0.25) is 4.79 Å². The lowest BCUT2D eigenvalue weighted by Crippen LogP contribution is -1.97. The Morgan fingerprint density at radius 3 is 2.89 bits per heavy atom. The predicted octanol–water partition coefficient (Wildman–Crippen LogP) is 3.59. The van der Waals surface area contributed by atoms with Gasteiger partial charge in [0.1, 0.15) is 11.6 Å². The van der Waals surface area contributed by atoms with Gasteiger partial charge in [0.15, 0.2) is 10.1 Å². The third-order valence-electron chi connectivity index (χ3n) is 2.30. The lowest BCUT2D eigenvalue weighted by atomic mass is 10.1. The lowest BCUT2D eigenvalue weighted by molar-refractivity contribution is 0.101. The highest BCUT2D eigenvalue weighted by molar-refractivity contribution is 8.01. The van der Waals surface area contributed by atoms with Crippen LogP contribution in [0.1, 0.15) is 30.0 Å². The number of nitrogens with zero attached hydrogens (tertiary/aromatic N) is 2. The van der Waals surface area contributed by atoms with Crippen molar-refractivity contribution in [3.05, 3.63) is 35.4 Å². The first kappa shape index (κ1) is 13.2. The van der Waals surface area contributed by atoms with E-state index in [0.717, 1.165) is 24.0 Å². The molecule has 18 heavy (non-hydrogen) atoms. The number of rotatable bonds is 4. The molecule has 0 aliphatic carbocycles. The summed E-state index contributed by atoms with van der Waals surface area (Å²) in [6, 6.07) is 4.50. The van der Waals surface area contributed by atoms with Gasteiger partial charge in [0.2, 0.25) is 0 Å². The normalized spacial score (nSPS) is 10.6. The molecule has 0 radical (unpaired) electrons. The molecule has 2 aromatic rings. The number of hydrogen-bond acceptors (Lipinski definition) is 5. The molecule has 2 rings (SSSR count). The van der Waals surface area contributed by atoms with Gasteiger partial charge < -0.3 is 0 Å². The second-order valence-electron chi connectivity index (χ2n) is 3.60. The smallest absolute Gasteiger partial charge is 0.175 e. The van der Waals surface area contributed by atoms with Crippen molar-refractivity contribution in [3.63, 3.8) is 0 Å². The van der Waals surface area contributed by atoms with Crippen molar-refractivity contribution in [2.24, 2.45) is 0 Å². The fourth-order valence-electron chi connectivity index (χ4n) is 1.40. The molecule has 3 nitrogen and oxygen atoms in total. The fraction of sp³-hybridized carbons (Fsp3) is 0.250. The third-order valence-corrected chi connectivity index (χ3v) is 4.21. The number of benzene rings is 1. The van der Waals surface area contributed by atoms with E-state index < -0.39 is 5.82 Å². The molecule has 0 aliphatic rings. The molecule has 6 heteroatoms. The summed E-state index contributed by atoms with van der Waals surface area (Å²) in [4.78, 5) is 16.0. The Morgan fingerprint density at radius 2 is 2.28 bits per heavy atom. The van der Waals surface area contributed by atoms with E-state index in [2.05, 4.69) is 9.36 Å². The summed E-state index contributed by atoms with van der Waals surface area (Å²) in [5.41, 5.74) is 0.383. The molecule has 0 N–H and O–H groups in total. The van der Waals surface area contributed by atoms with Crippen molar-refractivity contribution in [2.75, 3.05) is 0 Å².